The zero-order chi connectivity index (χ0) is 16.7. The van der Waals surface area contributed by atoms with E-state index in [4.69, 9.17) is 32.7 Å². The molecule has 0 aliphatic carbocycles. The van der Waals surface area contributed by atoms with Crippen molar-refractivity contribution in [3.63, 3.8) is 0 Å². The minimum absolute atomic E-state index is 0.0106. The van der Waals surface area contributed by atoms with Crippen LogP contribution in [0.2, 0.25) is 10.0 Å². The second-order valence-corrected chi connectivity index (χ2v) is 6.67. The maximum atomic E-state index is 12.0. The minimum Gasteiger partial charge on any atom is -0.482 e. The lowest BCUT2D eigenvalue weighted by Gasteiger charge is -2.37. The summed E-state index contributed by atoms with van der Waals surface area (Å²) in [6.07, 6.45) is 1.95. The van der Waals surface area contributed by atoms with E-state index >= 15 is 0 Å². The topological polar surface area (TPSA) is 59.6 Å². The number of carbonyl (C=O) groups is 1. The first-order valence-electron chi connectivity index (χ1n) is 7.59. The van der Waals surface area contributed by atoms with Crippen molar-refractivity contribution in [2.75, 3.05) is 40.0 Å². The summed E-state index contributed by atoms with van der Waals surface area (Å²) in [5.74, 6) is 0.220. The summed E-state index contributed by atoms with van der Waals surface area (Å²) in [6, 6.07) is 4.90. The molecule has 0 bridgehead atoms. The number of amides is 1. The summed E-state index contributed by atoms with van der Waals surface area (Å²) in [5.41, 5.74) is -0.0106. The average Bonchev–Trinajstić information content (AvgIpc) is 2.55. The Labute approximate surface area is 146 Å². The average molecular weight is 361 g/mol. The van der Waals surface area contributed by atoms with Crippen molar-refractivity contribution in [1.29, 1.82) is 0 Å². The number of hydrogen-bond donors (Lipinski definition) is 2. The molecule has 23 heavy (non-hydrogen) atoms. The van der Waals surface area contributed by atoms with E-state index in [9.17, 15) is 4.79 Å². The molecule has 0 saturated carbocycles. The van der Waals surface area contributed by atoms with Crippen molar-refractivity contribution in [2.45, 2.75) is 12.8 Å². The fourth-order valence-corrected chi connectivity index (χ4v) is 3.04. The Kier molecular flexibility index (Phi) is 6.96. The highest BCUT2D eigenvalue weighted by molar-refractivity contribution is 6.34. The first kappa shape index (κ1) is 18.3. The van der Waals surface area contributed by atoms with Gasteiger partial charge in [0.25, 0.3) is 5.91 Å². The summed E-state index contributed by atoms with van der Waals surface area (Å²) in [7, 11) is 1.69. The van der Waals surface area contributed by atoms with Gasteiger partial charge in [0.1, 0.15) is 5.75 Å². The highest BCUT2D eigenvalue weighted by Crippen LogP contribution is 2.29. The molecular weight excluding hydrogens is 339 g/mol. The predicted octanol–water partition coefficient (Wildman–Crippen LogP) is 2.50. The predicted molar refractivity (Wildman–Crippen MR) is 91.4 cm³/mol. The normalized spacial score (nSPS) is 16.8. The van der Waals surface area contributed by atoms with E-state index in [2.05, 4.69) is 10.6 Å². The van der Waals surface area contributed by atoms with Crippen LogP contribution in [0.1, 0.15) is 12.8 Å². The Hall–Kier alpha value is -1.01. The Bertz CT molecular complexity index is 529. The molecule has 0 unspecified atom stereocenters. The van der Waals surface area contributed by atoms with Gasteiger partial charge in [-0.05, 0) is 38.1 Å². The van der Waals surface area contributed by atoms with E-state index in [1.165, 1.54) is 0 Å². The number of hydrogen-bond acceptors (Lipinski definition) is 4. The molecule has 2 rings (SSSR count). The molecule has 1 amide bonds. The van der Waals surface area contributed by atoms with Crippen molar-refractivity contribution in [3.05, 3.63) is 28.2 Å². The van der Waals surface area contributed by atoms with Crippen LogP contribution in [-0.4, -0.2) is 45.9 Å². The van der Waals surface area contributed by atoms with Crippen LogP contribution in [-0.2, 0) is 9.53 Å². The maximum Gasteiger partial charge on any atom is 0.257 e. The van der Waals surface area contributed by atoms with Crippen LogP contribution in [0, 0.1) is 5.41 Å². The van der Waals surface area contributed by atoms with Crippen LogP contribution >= 0.6 is 23.2 Å². The van der Waals surface area contributed by atoms with E-state index in [0.29, 0.717) is 28.9 Å². The van der Waals surface area contributed by atoms with E-state index in [1.54, 1.807) is 25.3 Å². The molecule has 0 radical (unpaired) electrons. The lowest BCUT2D eigenvalue weighted by molar-refractivity contribution is -0.124. The van der Waals surface area contributed by atoms with Crippen molar-refractivity contribution in [3.8, 4) is 5.75 Å². The van der Waals surface area contributed by atoms with Gasteiger partial charge in [-0.15, -0.1) is 0 Å². The first-order chi connectivity index (χ1) is 11.0. The van der Waals surface area contributed by atoms with Gasteiger partial charge >= 0.3 is 0 Å². The lowest BCUT2D eigenvalue weighted by Crippen LogP contribution is -2.47. The number of benzene rings is 1. The zero-order valence-electron chi connectivity index (χ0n) is 13.2. The van der Waals surface area contributed by atoms with Gasteiger partial charge in [0.2, 0.25) is 0 Å². The number of nitrogens with one attached hydrogen (secondary N) is 2. The highest BCUT2D eigenvalue weighted by atomic mass is 35.5. The molecule has 0 spiro atoms. The summed E-state index contributed by atoms with van der Waals surface area (Å²) in [4.78, 5) is 12.0. The van der Waals surface area contributed by atoms with Gasteiger partial charge in [-0.1, -0.05) is 23.2 Å². The molecule has 5 nitrogen and oxygen atoms in total. The van der Waals surface area contributed by atoms with E-state index in [1.807, 2.05) is 0 Å². The molecular formula is C16H22Cl2N2O3. The Balaban J connectivity index is 1.83. The van der Waals surface area contributed by atoms with Gasteiger partial charge in [-0.2, -0.15) is 0 Å². The van der Waals surface area contributed by atoms with Crippen LogP contribution in [0.25, 0.3) is 0 Å². The van der Waals surface area contributed by atoms with E-state index in [-0.39, 0.29) is 17.9 Å². The summed E-state index contributed by atoms with van der Waals surface area (Å²) >= 11 is 11.9. The van der Waals surface area contributed by atoms with Gasteiger partial charge in [0.05, 0.1) is 11.6 Å². The first-order valence-corrected chi connectivity index (χ1v) is 8.34. The Morgan fingerprint density at radius 2 is 2.09 bits per heavy atom. The van der Waals surface area contributed by atoms with Crippen LogP contribution in [0.15, 0.2) is 18.2 Å². The molecule has 1 aliphatic rings. The summed E-state index contributed by atoms with van der Waals surface area (Å²) in [6.45, 7) is 2.99. The van der Waals surface area contributed by atoms with Gasteiger partial charge < -0.3 is 20.1 Å². The second-order valence-electron chi connectivity index (χ2n) is 5.82. The third-order valence-electron chi connectivity index (χ3n) is 4.03. The molecule has 128 valence electrons. The van der Waals surface area contributed by atoms with Gasteiger partial charge in [-0.3, -0.25) is 4.79 Å². The Morgan fingerprint density at radius 3 is 2.78 bits per heavy atom. The standard InChI is InChI=1S/C16H22Cl2N2O3/c1-22-11-16(4-6-19-7-5-16)10-20-15(21)9-23-14-8-12(17)2-3-13(14)18/h2-3,8,19H,4-7,9-11H2,1H3,(H,20,21). The molecule has 1 saturated heterocycles. The van der Waals surface area contributed by atoms with Crippen LogP contribution in [0.5, 0.6) is 5.75 Å². The minimum atomic E-state index is -0.185. The zero-order valence-corrected chi connectivity index (χ0v) is 14.7. The monoisotopic (exact) mass is 360 g/mol. The molecule has 7 heteroatoms. The molecule has 1 aromatic rings. The molecule has 1 aromatic carbocycles. The van der Waals surface area contributed by atoms with Crippen molar-refractivity contribution in [1.82, 2.24) is 10.6 Å². The summed E-state index contributed by atoms with van der Waals surface area (Å²) < 4.78 is 10.8. The largest absolute Gasteiger partial charge is 0.482 e. The quantitative estimate of drug-likeness (QED) is 0.784. The molecule has 1 aliphatic heterocycles. The summed E-state index contributed by atoms with van der Waals surface area (Å²) in [5, 5.41) is 7.20. The third-order valence-corrected chi connectivity index (χ3v) is 4.57. The number of ether oxygens (including phenoxy) is 2. The molecule has 1 fully saturated rings. The lowest BCUT2D eigenvalue weighted by atomic mass is 9.79. The molecule has 2 N–H and O–H groups in total. The van der Waals surface area contributed by atoms with E-state index < -0.39 is 0 Å². The maximum absolute atomic E-state index is 12.0. The second kappa shape index (κ2) is 8.73. The fourth-order valence-electron chi connectivity index (χ4n) is 2.70. The van der Waals surface area contributed by atoms with Crippen molar-refractivity contribution < 1.29 is 14.3 Å². The van der Waals surface area contributed by atoms with Gasteiger partial charge in [0.15, 0.2) is 6.61 Å². The van der Waals surface area contributed by atoms with Crippen LogP contribution in [0.4, 0.5) is 0 Å². The number of halogens is 2. The van der Waals surface area contributed by atoms with Crippen LogP contribution < -0.4 is 15.4 Å². The molecule has 0 atom stereocenters. The number of rotatable bonds is 7. The van der Waals surface area contributed by atoms with Crippen LogP contribution in [0.3, 0.4) is 0 Å². The van der Waals surface area contributed by atoms with Crippen molar-refractivity contribution in [2.24, 2.45) is 5.41 Å². The van der Waals surface area contributed by atoms with Crippen molar-refractivity contribution >= 4 is 29.1 Å². The molecule has 0 aromatic heterocycles. The number of carbonyl (C=O) groups excluding carboxylic acids is 1. The molecule has 1 heterocycles. The Morgan fingerprint density at radius 1 is 1.35 bits per heavy atom. The SMILES string of the molecule is COCC1(CNC(=O)COc2cc(Cl)ccc2Cl)CCNCC1. The fraction of sp³-hybridized carbons (Fsp3) is 0.562. The number of methoxy groups -OCH3 is 1. The van der Waals surface area contributed by atoms with E-state index in [0.717, 1.165) is 25.9 Å². The smallest absolute Gasteiger partial charge is 0.257 e. The highest BCUT2D eigenvalue weighted by Gasteiger charge is 2.32. The van der Waals surface area contributed by atoms with Gasteiger partial charge in [0, 0.05) is 30.2 Å². The third kappa shape index (κ3) is 5.53. The number of piperidine rings is 1. The van der Waals surface area contributed by atoms with Gasteiger partial charge in [-0.25, -0.2) is 0 Å².